The highest BCUT2D eigenvalue weighted by Crippen LogP contribution is 2.25. The molecule has 0 aromatic carbocycles. The Morgan fingerprint density at radius 3 is 3.19 bits per heavy atom. The molecule has 2 atom stereocenters. The quantitative estimate of drug-likeness (QED) is 0.939. The Hall–Kier alpha value is -1.95. The monoisotopic (exact) mass is 288 g/mol. The number of hydrogen-bond donors (Lipinski definition) is 1. The highest BCUT2D eigenvalue weighted by atomic mass is 16.5. The molecule has 1 amide bonds. The summed E-state index contributed by atoms with van der Waals surface area (Å²) < 4.78 is 7.49. The van der Waals surface area contributed by atoms with Crippen LogP contribution in [0.25, 0.3) is 11.2 Å². The van der Waals surface area contributed by atoms with Crippen molar-refractivity contribution < 1.29 is 9.53 Å². The maximum atomic E-state index is 12.5. The molecule has 21 heavy (non-hydrogen) atoms. The van der Waals surface area contributed by atoms with Gasteiger partial charge in [0.25, 0.3) is 0 Å². The van der Waals surface area contributed by atoms with Crippen LogP contribution >= 0.6 is 0 Å². The van der Waals surface area contributed by atoms with Crippen LogP contribution in [0.2, 0.25) is 0 Å². The molecule has 0 unspecified atom stereocenters. The van der Waals surface area contributed by atoms with E-state index in [1.807, 2.05) is 19.2 Å². The zero-order chi connectivity index (χ0) is 14.8. The summed E-state index contributed by atoms with van der Waals surface area (Å²) in [6.45, 7) is 2.80. The number of nitrogens with zero attached hydrogens (tertiary/aromatic N) is 3. The molecule has 1 aliphatic heterocycles. The van der Waals surface area contributed by atoms with Crippen molar-refractivity contribution in [1.82, 2.24) is 14.5 Å². The molecule has 1 aliphatic rings. The molecule has 6 heteroatoms. The molecule has 1 N–H and O–H groups in total. The minimum atomic E-state index is -0.100. The lowest BCUT2D eigenvalue weighted by atomic mass is 9.92. The van der Waals surface area contributed by atoms with Gasteiger partial charge >= 0.3 is 0 Å². The number of fused-ring (bicyclic) bond motifs is 1. The van der Waals surface area contributed by atoms with Gasteiger partial charge in [0, 0.05) is 19.9 Å². The minimum Gasteiger partial charge on any atom is -0.377 e. The van der Waals surface area contributed by atoms with E-state index in [-0.39, 0.29) is 17.9 Å². The first kappa shape index (κ1) is 14.0. The van der Waals surface area contributed by atoms with E-state index in [2.05, 4.69) is 22.2 Å². The van der Waals surface area contributed by atoms with Gasteiger partial charge in [0.05, 0.1) is 12.0 Å². The van der Waals surface area contributed by atoms with Crippen LogP contribution in [0.5, 0.6) is 0 Å². The zero-order valence-electron chi connectivity index (χ0n) is 12.4. The lowest BCUT2D eigenvalue weighted by molar-refractivity contribution is -0.129. The average molecular weight is 288 g/mol. The first-order valence-electron chi connectivity index (χ1n) is 7.40. The van der Waals surface area contributed by atoms with E-state index in [9.17, 15) is 4.79 Å². The fourth-order valence-corrected chi connectivity index (χ4v) is 2.88. The first-order valence-corrected chi connectivity index (χ1v) is 7.40. The summed E-state index contributed by atoms with van der Waals surface area (Å²) in [7, 11) is 1.85. The molecule has 6 nitrogen and oxygen atoms in total. The van der Waals surface area contributed by atoms with Gasteiger partial charge in [-0.3, -0.25) is 14.7 Å². The van der Waals surface area contributed by atoms with Crippen LogP contribution in [-0.2, 0) is 16.6 Å². The molecule has 0 spiro atoms. The number of anilines is 1. The SMILES string of the molecule is CC[C@H]1OCCC[C@@H]1C(=O)Nc1nc2cccnc2n1C. The summed E-state index contributed by atoms with van der Waals surface area (Å²) in [5.74, 6) is 0.422. The van der Waals surface area contributed by atoms with Gasteiger partial charge in [-0.2, -0.15) is 0 Å². The number of carbonyl (C=O) groups is 1. The van der Waals surface area contributed by atoms with Crippen molar-refractivity contribution in [1.29, 1.82) is 0 Å². The molecular formula is C15H20N4O2. The van der Waals surface area contributed by atoms with Crippen LogP contribution in [0, 0.1) is 5.92 Å². The number of rotatable bonds is 3. The van der Waals surface area contributed by atoms with E-state index in [1.54, 1.807) is 10.8 Å². The lowest BCUT2D eigenvalue weighted by Gasteiger charge is -2.29. The largest absolute Gasteiger partial charge is 0.377 e. The smallest absolute Gasteiger partial charge is 0.232 e. The highest BCUT2D eigenvalue weighted by Gasteiger charge is 2.31. The summed E-state index contributed by atoms with van der Waals surface area (Å²) in [4.78, 5) is 21.2. The number of amides is 1. The second kappa shape index (κ2) is 5.81. The Balaban J connectivity index is 1.81. The Morgan fingerprint density at radius 2 is 2.43 bits per heavy atom. The average Bonchev–Trinajstić information content (AvgIpc) is 2.84. The number of hydrogen-bond acceptors (Lipinski definition) is 4. The van der Waals surface area contributed by atoms with Crippen LogP contribution in [-0.4, -0.2) is 33.2 Å². The van der Waals surface area contributed by atoms with Crippen LogP contribution in [0.3, 0.4) is 0 Å². The van der Waals surface area contributed by atoms with Gasteiger partial charge in [-0.25, -0.2) is 9.97 Å². The Kier molecular flexibility index (Phi) is 3.88. The van der Waals surface area contributed by atoms with Crippen molar-refractivity contribution in [2.24, 2.45) is 13.0 Å². The molecular weight excluding hydrogens is 268 g/mol. The molecule has 0 saturated carbocycles. The van der Waals surface area contributed by atoms with E-state index in [0.29, 0.717) is 5.95 Å². The van der Waals surface area contributed by atoms with Gasteiger partial charge in [-0.15, -0.1) is 0 Å². The summed E-state index contributed by atoms with van der Waals surface area (Å²) in [5.41, 5.74) is 1.54. The summed E-state index contributed by atoms with van der Waals surface area (Å²) in [5, 5.41) is 2.93. The van der Waals surface area contributed by atoms with Gasteiger partial charge in [-0.1, -0.05) is 6.92 Å². The molecule has 0 aliphatic carbocycles. The van der Waals surface area contributed by atoms with Crippen LogP contribution in [0.1, 0.15) is 26.2 Å². The maximum absolute atomic E-state index is 12.5. The van der Waals surface area contributed by atoms with E-state index in [0.717, 1.165) is 37.0 Å². The summed E-state index contributed by atoms with van der Waals surface area (Å²) >= 11 is 0. The van der Waals surface area contributed by atoms with E-state index < -0.39 is 0 Å². The predicted octanol–water partition coefficient (Wildman–Crippen LogP) is 2.11. The summed E-state index contributed by atoms with van der Waals surface area (Å²) in [6, 6.07) is 3.72. The number of pyridine rings is 1. The predicted molar refractivity (Wildman–Crippen MR) is 79.9 cm³/mol. The molecule has 2 aromatic heterocycles. The minimum absolute atomic E-state index is 0.00607. The number of aryl methyl sites for hydroxylation is 1. The molecule has 112 valence electrons. The number of carbonyl (C=O) groups excluding carboxylic acids is 1. The standard InChI is InChI=1S/C15H20N4O2/c1-3-12-10(6-5-9-21-12)14(20)18-15-17-11-7-4-8-16-13(11)19(15)2/h4,7-8,10,12H,3,5-6,9H2,1-2H3,(H,17,18,20)/t10-,12+/m0/s1. The Labute approximate surface area is 123 Å². The maximum Gasteiger partial charge on any atom is 0.232 e. The normalized spacial score (nSPS) is 22.4. The van der Waals surface area contributed by atoms with Gasteiger partial charge in [0.2, 0.25) is 11.9 Å². The lowest BCUT2D eigenvalue weighted by Crippen LogP contribution is -2.38. The van der Waals surface area contributed by atoms with E-state index >= 15 is 0 Å². The van der Waals surface area contributed by atoms with Gasteiger partial charge in [0.1, 0.15) is 5.52 Å². The van der Waals surface area contributed by atoms with Crippen molar-refractivity contribution in [2.75, 3.05) is 11.9 Å². The first-order chi connectivity index (χ1) is 10.2. The summed E-state index contributed by atoms with van der Waals surface area (Å²) in [6.07, 6.45) is 4.37. The third kappa shape index (κ3) is 2.63. The van der Waals surface area contributed by atoms with Crippen molar-refractivity contribution in [3.63, 3.8) is 0 Å². The molecule has 0 radical (unpaired) electrons. The zero-order valence-corrected chi connectivity index (χ0v) is 12.4. The topological polar surface area (TPSA) is 69.0 Å². The van der Waals surface area contributed by atoms with Crippen LogP contribution in [0.4, 0.5) is 5.95 Å². The van der Waals surface area contributed by atoms with Gasteiger partial charge in [-0.05, 0) is 31.4 Å². The Morgan fingerprint density at radius 1 is 1.57 bits per heavy atom. The molecule has 0 bridgehead atoms. The molecule has 1 fully saturated rings. The van der Waals surface area contributed by atoms with E-state index in [1.165, 1.54) is 0 Å². The van der Waals surface area contributed by atoms with Crippen LogP contribution < -0.4 is 5.32 Å². The van der Waals surface area contributed by atoms with E-state index in [4.69, 9.17) is 4.74 Å². The molecule has 3 heterocycles. The third-order valence-corrected chi connectivity index (χ3v) is 4.04. The number of ether oxygens (including phenoxy) is 1. The fourth-order valence-electron chi connectivity index (χ4n) is 2.88. The number of aromatic nitrogens is 3. The second-order valence-corrected chi connectivity index (χ2v) is 5.40. The second-order valence-electron chi connectivity index (χ2n) is 5.40. The van der Waals surface area contributed by atoms with Crippen molar-refractivity contribution in [3.8, 4) is 0 Å². The highest BCUT2D eigenvalue weighted by molar-refractivity contribution is 5.93. The fraction of sp³-hybridized carbons (Fsp3) is 0.533. The van der Waals surface area contributed by atoms with Crippen LogP contribution in [0.15, 0.2) is 18.3 Å². The van der Waals surface area contributed by atoms with Crippen molar-refractivity contribution in [2.45, 2.75) is 32.3 Å². The Bertz CT molecular complexity index is 652. The number of imidazole rings is 1. The van der Waals surface area contributed by atoms with Gasteiger partial charge < -0.3 is 4.74 Å². The molecule has 3 rings (SSSR count). The van der Waals surface area contributed by atoms with Crippen molar-refractivity contribution in [3.05, 3.63) is 18.3 Å². The molecule has 1 saturated heterocycles. The van der Waals surface area contributed by atoms with Crippen molar-refractivity contribution >= 4 is 23.0 Å². The third-order valence-electron chi connectivity index (χ3n) is 4.04. The van der Waals surface area contributed by atoms with Gasteiger partial charge in [0.15, 0.2) is 5.65 Å². The number of nitrogens with one attached hydrogen (secondary N) is 1. The molecule has 2 aromatic rings.